The van der Waals surface area contributed by atoms with Crippen LogP contribution in [0.5, 0.6) is 0 Å². The minimum atomic E-state index is -0.281. The lowest BCUT2D eigenvalue weighted by molar-refractivity contribution is -0.121. The second-order valence-electron chi connectivity index (χ2n) is 4.53. The van der Waals surface area contributed by atoms with Gasteiger partial charge in [-0.15, -0.1) is 11.3 Å². The molecule has 2 unspecified atom stereocenters. The van der Waals surface area contributed by atoms with E-state index in [4.69, 9.17) is 17.3 Å². The van der Waals surface area contributed by atoms with Crippen molar-refractivity contribution in [1.29, 1.82) is 0 Å². The molecular weight excluding hydrogens is 272 g/mol. The number of hydrogen-bond acceptors (Lipinski definition) is 4. The van der Waals surface area contributed by atoms with E-state index in [1.54, 1.807) is 12.1 Å². The third kappa shape index (κ3) is 2.74. The third-order valence-electron chi connectivity index (χ3n) is 3.37. The van der Waals surface area contributed by atoms with Gasteiger partial charge in [-0.2, -0.15) is 0 Å². The summed E-state index contributed by atoms with van der Waals surface area (Å²) < 4.78 is 0.613. The predicted molar refractivity (Wildman–Crippen MR) is 72.0 cm³/mol. The molecule has 2 rings (SSSR count). The van der Waals surface area contributed by atoms with E-state index in [1.807, 2.05) is 11.8 Å². The number of primary amides is 1. The van der Waals surface area contributed by atoms with Crippen LogP contribution in [0.4, 0.5) is 0 Å². The molecule has 2 N–H and O–H groups in total. The van der Waals surface area contributed by atoms with Crippen LogP contribution < -0.4 is 5.73 Å². The van der Waals surface area contributed by atoms with Crippen LogP contribution in [0.1, 0.15) is 23.0 Å². The first-order chi connectivity index (χ1) is 8.49. The van der Waals surface area contributed by atoms with Crippen molar-refractivity contribution in [2.45, 2.75) is 19.4 Å². The monoisotopic (exact) mass is 286 g/mol. The van der Waals surface area contributed by atoms with Crippen molar-refractivity contribution in [3.05, 3.63) is 21.3 Å². The van der Waals surface area contributed by atoms with Gasteiger partial charge in [-0.1, -0.05) is 11.6 Å². The predicted octanol–water partition coefficient (Wildman–Crippen LogP) is 1.78. The molecule has 0 spiro atoms. The Morgan fingerprint density at radius 1 is 1.56 bits per heavy atom. The molecule has 1 aromatic rings. The minimum Gasteiger partial charge on any atom is -0.369 e. The molecule has 1 aromatic heterocycles. The molecule has 0 bridgehead atoms. The molecule has 4 nitrogen and oxygen atoms in total. The van der Waals surface area contributed by atoms with Gasteiger partial charge in [0.1, 0.15) is 0 Å². The number of nitrogens with two attached hydrogens (primary N) is 1. The van der Waals surface area contributed by atoms with Gasteiger partial charge in [0.25, 0.3) is 0 Å². The highest BCUT2D eigenvalue weighted by Crippen LogP contribution is 2.25. The molecule has 0 saturated carbocycles. The maximum atomic E-state index is 12.2. The smallest absolute Gasteiger partial charge is 0.221 e. The highest BCUT2D eigenvalue weighted by atomic mass is 35.5. The fourth-order valence-electron chi connectivity index (χ4n) is 2.19. The van der Waals surface area contributed by atoms with Crippen LogP contribution in [-0.2, 0) is 4.79 Å². The van der Waals surface area contributed by atoms with Gasteiger partial charge < -0.3 is 5.73 Å². The van der Waals surface area contributed by atoms with Crippen molar-refractivity contribution in [3.63, 3.8) is 0 Å². The molecule has 0 aliphatic carbocycles. The quantitative estimate of drug-likeness (QED) is 0.858. The van der Waals surface area contributed by atoms with Gasteiger partial charge in [0, 0.05) is 6.54 Å². The van der Waals surface area contributed by atoms with Gasteiger partial charge in [-0.05, 0) is 32.0 Å². The lowest BCUT2D eigenvalue weighted by Crippen LogP contribution is -2.38. The standard InChI is InChI=1S/C12H15ClN2O2S/c1-7(11(16)9-2-3-10(13)18-9)15-5-4-8(6-15)12(14)17/h2-3,7-8H,4-6H2,1H3,(H2,14,17). The number of carbonyl (C=O) groups excluding carboxylic acids is 2. The lowest BCUT2D eigenvalue weighted by atomic mass is 10.1. The number of hydrogen-bond donors (Lipinski definition) is 1. The SMILES string of the molecule is CC(C(=O)c1ccc(Cl)s1)N1CCC(C(N)=O)C1. The molecule has 6 heteroatoms. The summed E-state index contributed by atoms with van der Waals surface area (Å²) in [6, 6.07) is 3.24. The zero-order valence-corrected chi connectivity index (χ0v) is 11.6. The van der Waals surface area contributed by atoms with Crippen LogP contribution in [-0.4, -0.2) is 35.7 Å². The normalized spacial score (nSPS) is 22.0. The molecule has 1 fully saturated rings. The number of Topliss-reactive ketones (excluding diaryl/α,β-unsaturated/α-hetero) is 1. The van der Waals surface area contributed by atoms with Gasteiger partial charge in [0.15, 0.2) is 5.78 Å². The van der Waals surface area contributed by atoms with E-state index in [2.05, 4.69) is 0 Å². The maximum absolute atomic E-state index is 12.2. The first-order valence-corrected chi connectivity index (χ1v) is 7.01. The summed E-state index contributed by atoms with van der Waals surface area (Å²) >= 11 is 7.11. The van der Waals surface area contributed by atoms with Gasteiger partial charge >= 0.3 is 0 Å². The number of thiophene rings is 1. The van der Waals surface area contributed by atoms with E-state index < -0.39 is 0 Å². The van der Waals surface area contributed by atoms with Gasteiger partial charge in [0.05, 0.1) is 21.2 Å². The second kappa shape index (κ2) is 5.38. The molecule has 0 radical (unpaired) electrons. The van der Waals surface area contributed by atoms with Crippen LogP contribution >= 0.6 is 22.9 Å². The van der Waals surface area contributed by atoms with Crippen LogP contribution in [0.3, 0.4) is 0 Å². The Morgan fingerprint density at radius 2 is 2.28 bits per heavy atom. The van der Waals surface area contributed by atoms with E-state index in [9.17, 15) is 9.59 Å². The second-order valence-corrected chi connectivity index (χ2v) is 6.24. The molecule has 98 valence electrons. The van der Waals surface area contributed by atoms with Crippen molar-refractivity contribution in [2.75, 3.05) is 13.1 Å². The van der Waals surface area contributed by atoms with Crippen molar-refractivity contribution in [1.82, 2.24) is 4.90 Å². The summed E-state index contributed by atoms with van der Waals surface area (Å²) in [6.07, 6.45) is 0.734. The zero-order chi connectivity index (χ0) is 13.3. The van der Waals surface area contributed by atoms with E-state index in [-0.39, 0.29) is 23.7 Å². The first-order valence-electron chi connectivity index (χ1n) is 5.82. The van der Waals surface area contributed by atoms with Gasteiger partial charge in [-0.3, -0.25) is 14.5 Å². The van der Waals surface area contributed by atoms with Crippen molar-refractivity contribution < 1.29 is 9.59 Å². The number of amides is 1. The van der Waals surface area contributed by atoms with Gasteiger partial charge in [-0.25, -0.2) is 0 Å². The maximum Gasteiger partial charge on any atom is 0.221 e. The summed E-state index contributed by atoms with van der Waals surface area (Å²) in [5.41, 5.74) is 5.28. The Kier molecular flexibility index (Phi) is 4.04. The van der Waals surface area contributed by atoms with Gasteiger partial charge in [0.2, 0.25) is 5.91 Å². The number of carbonyl (C=O) groups is 2. The number of likely N-dealkylation sites (tertiary alicyclic amines) is 1. The highest BCUT2D eigenvalue weighted by Gasteiger charge is 2.32. The van der Waals surface area contributed by atoms with Crippen LogP contribution in [0.2, 0.25) is 4.34 Å². The Hall–Kier alpha value is -0.910. The molecule has 18 heavy (non-hydrogen) atoms. The number of nitrogens with zero attached hydrogens (tertiary/aromatic N) is 1. The minimum absolute atomic E-state index is 0.0528. The fraction of sp³-hybridized carbons (Fsp3) is 0.500. The van der Waals surface area contributed by atoms with E-state index in [0.29, 0.717) is 15.8 Å². The Morgan fingerprint density at radius 3 is 2.78 bits per heavy atom. The zero-order valence-electron chi connectivity index (χ0n) is 10.1. The average Bonchev–Trinajstić information content (AvgIpc) is 2.95. The number of ketones is 1. The molecule has 1 aliphatic heterocycles. The van der Waals surface area contributed by atoms with E-state index in [0.717, 1.165) is 13.0 Å². The number of rotatable bonds is 4. The fourth-order valence-corrected chi connectivity index (χ4v) is 3.26. The Bertz CT molecular complexity index is 474. The largest absolute Gasteiger partial charge is 0.369 e. The molecule has 2 heterocycles. The third-order valence-corrected chi connectivity index (χ3v) is 4.61. The molecule has 2 atom stereocenters. The summed E-state index contributed by atoms with van der Waals surface area (Å²) in [7, 11) is 0. The van der Waals surface area contributed by atoms with Crippen LogP contribution in [0.25, 0.3) is 0 Å². The summed E-state index contributed by atoms with van der Waals surface area (Å²) in [5.74, 6) is -0.361. The van der Waals surface area contributed by atoms with E-state index >= 15 is 0 Å². The summed E-state index contributed by atoms with van der Waals surface area (Å²) in [4.78, 5) is 26.0. The summed E-state index contributed by atoms with van der Waals surface area (Å²) in [6.45, 7) is 3.17. The highest BCUT2D eigenvalue weighted by molar-refractivity contribution is 7.18. The average molecular weight is 287 g/mol. The molecule has 1 saturated heterocycles. The van der Waals surface area contributed by atoms with Crippen LogP contribution in [0.15, 0.2) is 12.1 Å². The van der Waals surface area contributed by atoms with Crippen LogP contribution in [0, 0.1) is 5.92 Å². The molecular formula is C12H15ClN2O2S. The summed E-state index contributed by atoms with van der Waals surface area (Å²) in [5, 5.41) is 0. The first kappa shape index (κ1) is 13.5. The molecule has 0 aromatic carbocycles. The topological polar surface area (TPSA) is 63.4 Å². The Labute approximate surface area is 115 Å². The molecule has 1 aliphatic rings. The Balaban J connectivity index is 2.02. The molecule has 1 amide bonds. The van der Waals surface area contributed by atoms with Crippen molar-refractivity contribution in [2.24, 2.45) is 11.7 Å². The lowest BCUT2D eigenvalue weighted by Gasteiger charge is -2.22. The number of halogens is 1. The van der Waals surface area contributed by atoms with E-state index in [1.165, 1.54) is 11.3 Å². The van der Waals surface area contributed by atoms with Crippen molar-refractivity contribution in [3.8, 4) is 0 Å². The van der Waals surface area contributed by atoms with Crippen molar-refractivity contribution >= 4 is 34.6 Å².